The third-order valence-corrected chi connectivity index (χ3v) is 5.06. The fourth-order valence-electron chi connectivity index (χ4n) is 1.75. The van der Waals surface area contributed by atoms with Crippen molar-refractivity contribution in [1.29, 1.82) is 0 Å². The zero-order valence-electron chi connectivity index (χ0n) is 11.7. The topological polar surface area (TPSA) is 66.6 Å². The van der Waals surface area contributed by atoms with Gasteiger partial charge in [-0.1, -0.05) is 13.8 Å². The molecule has 0 atom stereocenters. The molecular weight excluding hydrogens is 274 g/mol. The van der Waals surface area contributed by atoms with Gasteiger partial charge in [-0.05, 0) is 30.7 Å². The van der Waals surface area contributed by atoms with Crippen molar-refractivity contribution in [2.75, 3.05) is 33.7 Å². The van der Waals surface area contributed by atoms with Gasteiger partial charge in [-0.15, -0.1) is 12.4 Å². The van der Waals surface area contributed by atoms with E-state index in [4.69, 9.17) is 5.73 Å². The Balaban J connectivity index is 0.00000289. The molecule has 7 heteroatoms. The maximum atomic E-state index is 12.2. The van der Waals surface area contributed by atoms with Crippen LogP contribution in [0, 0.1) is 11.3 Å². The van der Waals surface area contributed by atoms with Crippen molar-refractivity contribution in [3.63, 3.8) is 0 Å². The second-order valence-electron chi connectivity index (χ2n) is 5.86. The van der Waals surface area contributed by atoms with Gasteiger partial charge in [0.25, 0.3) is 10.2 Å². The quantitative estimate of drug-likeness (QED) is 0.760. The Labute approximate surface area is 117 Å². The van der Waals surface area contributed by atoms with Crippen LogP contribution >= 0.6 is 12.4 Å². The van der Waals surface area contributed by atoms with Gasteiger partial charge in [-0.25, -0.2) is 0 Å². The van der Waals surface area contributed by atoms with Gasteiger partial charge in [0, 0.05) is 27.2 Å². The van der Waals surface area contributed by atoms with E-state index in [2.05, 4.69) is 0 Å². The first-order valence-electron chi connectivity index (χ1n) is 6.07. The molecule has 0 aromatic heterocycles. The van der Waals surface area contributed by atoms with E-state index in [-0.39, 0.29) is 17.8 Å². The van der Waals surface area contributed by atoms with Gasteiger partial charge in [0.1, 0.15) is 0 Å². The van der Waals surface area contributed by atoms with Crippen LogP contribution in [0.1, 0.15) is 26.7 Å². The lowest BCUT2D eigenvalue weighted by Crippen LogP contribution is -2.45. The minimum atomic E-state index is -3.33. The van der Waals surface area contributed by atoms with Crippen LogP contribution in [0.2, 0.25) is 0 Å². The van der Waals surface area contributed by atoms with E-state index in [0.29, 0.717) is 25.6 Å². The van der Waals surface area contributed by atoms with E-state index in [1.165, 1.54) is 8.61 Å². The van der Waals surface area contributed by atoms with E-state index in [0.717, 1.165) is 12.8 Å². The molecule has 1 fully saturated rings. The van der Waals surface area contributed by atoms with Gasteiger partial charge >= 0.3 is 0 Å². The van der Waals surface area contributed by atoms with E-state index in [1.54, 1.807) is 14.1 Å². The Morgan fingerprint density at radius 2 is 1.72 bits per heavy atom. The predicted octanol–water partition coefficient (Wildman–Crippen LogP) is 0.911. The van der Waals surface area contributed by atoms with Gasteiger partial charge in [0.15, 0.2) is 0 Å². The van der Waals surface area contributed by atoms with Gasteiger partial charge in [-0.3, -0.25) is 0 Å². The Kier molecular flexibility index (Phi) is 6.56. The zero-order valence-corrected chi connectivity index (χ0v) is 13.4. The fourth-order valence-corrected chi connectivity index (χ4v) is 3.13. The summed E-state index contributed by atoms with van der Waals surface area (Å²) in [5, 5.41) is 0. The van der Waals surface area contributed by atoms with E-state index < -0.39 is 10.2 Å². The van der Waals surface area contributed by atoms with Crippen LogP contribution in [0.4, 0.5) is 0 Å². The van der Waals surface area contributed by atoms with Crippen LogP contribution in [-0.4, -0.2) is 50.8 Å². The molecule has 110 valence electrons. The zero-order chi connectivity index (χ0) is 13.3. The van der Waals surface area contributed by atoms with Crippen LogP contribution in [0.5, 0.6) is 0 Å². The lowest BCUT2D eigenvalue weighted by Gasteiger charge is -2.31. The monoisotopic (exact) mass is 299 g/mol. The standard InChI is InChI=1S/C11H25N3O2S.ClH/c1-11(2,8-12)9-14(4)17(15,16)13(3)7-10-5-6-10;/h10H,5-9,12H2,1-4H3;1H. The highest BCUT2D eigenvalue weighted by molar-refractivity contribution is 7.86. The maximum Gasteiger partial charge on any atom is 0.281 e. The molecule has 0 heterocycles. The third-order valence-electron chi connectivity index (χ3n) is 3.20. The molecule has 0 spiro atoms. The molecule has 2 N–H and O–H groups in total. The smallest absolute Gasteiger partial charge is 0.281 e. The minimum absolute atomic E-state index is 0. The highest BCUT2D eigenvalue weighted by atomic mass is 35.5. The summed E-state index contributed by atoms with van der Waals surface area (Å²) in [5.41, 5.74) is 5.44. The summed E-state index contributed by atoms with van der Waals surface area (Å²) in [6.45, 7) is 5.50. The predicted molar refractivity (Wildman–Crippen MR) is 77.0 cm³/mol. The van der Waals surface area contributed by atoms with Gasteiger partial charge in [0.05, 0.1) is 0 Å². The number of hydrogen-bond acceptors (Lipinski definition) is 3. The maximum absolute atomic E-state index is 12.2. The van der Waals surface area contributed by atoms with Gasteiger partial charge < -0.3 is 5.73 Å². The molecule has 1 saturated carbocycles. The lowest BCUT2D eigenvalue weighted by molar-refractivity contribution is 0.277. The first-order chi connectivity index (χ1) is 7.69. The average molecular weight is 300 g/mol. The largest absolute Gasteiger partial charge is 0.330 e. The molecule has 5 nitrogen and oxygen atoms in total. The molecule has 0 aromatic carbocycles. The van der Waals surface area contributed by atoms with Gasteiger partial charge in [0.2, 0.25) is 0 Å². The first-order valence-corrected chi connectivity index (χ1v) is 7.46. The summed E-state index contributed by atoms with van der Waals surface area (Å²) in [6.07, 6.45) is 2.30. The number of hydrogen-bond donors (Lipinski definition) is 1. The van der Waals surface area contributed by atoms with Crippen LogP contribution < -0.4 is 5.73 Å². The molecule has 0 aliphatic heterocycles. The Hall–Kier alpha value is 0.120. The molecule has 18 heavy (non-hydrogen) atoms. The van der Waals surface area contributed by atoms with E-state index in [1.807, 2.05) is 13.8 Å². The molecule has 1 aliphatic rings. The Bertz CT molecular complexity index is 355. The summed E-state index contributed by atoms with van der Waals surface area (Å²) in [5.74, 6) is 0.561. The normalized spacial score (nSPS) is 17.1. The summed E-state index contributed by atoms with van der Waals surface area (Å²) >= 11 is 0. The Morgan fingerprint density at radius 3 is 2.11 bits per heavy atom. The summed E-state index contributed by atoms with van der Waals surface area (Å²) in [6, 6.07) is 0. The number of nitrogens with zero attached hydrogens (tertiary/aromatic N) is 2. The summed E-state index contributed by atoms with van der Waals surface area (Å²) in [7, 11) is -0.0527. The van der Waals surface area contributed by atoms with E-state index in [9.17, 15) is 8.42 Å². The average Bonchev–Trinajstić information content (AvgIpc) is 3.00. The van der Waals surface area contributed by atoms with Crippen molar-refractivity contribution in [2.45, 2.75) is 26.7 Å². The number of rotatable bonds is 7. The SMILES string of the molecule is CN(CC1CC1)S(=O)(=O)N(C)CC(C)(C)CN.Cl. The summed E-state index contributed by atoms with van der Waals surface area (Å²) < 4.78 is 27.3. The molecule has 0 saturated heterocycles. The van der Waals surface area contributed by atoms with Crippen molar-refractivity contribution < 1.29 is 8.42 Å². The number of nitrogens with two attached hydrogens (primary N) is 1. The summed E-state index contributed by atoms with van der Waals surface area (Å²) in [4.78, 5) is 0. The fraction of sp³-hybridized carbons (Fsp3) is 1.00. The molecule has 0 amide bonds. The third kappa shape index (κ3) is 5.01. The van der Waals surface area contributed by atoms with E-state index >= 15 is 0 Å². The molecular formula is C11H26ClN3O2S. The highest BCUT2D eigenvalue weighted by Gasteiger charge is 2.32. The molecule has 0 bridgehead atoms. The second-order valence-corrected chi connectivity index (χ2v) is 8.00. The van der Waals surface area contributed by atoms with Crippen molar-refractivity contribution in [2.24, 2.45) is 17.1 Å². The van der Waals surface area contributed by atoms with Crippen molar-refractivity contribution >= 4 is 22.6 Å². The van der Waals surface area contributed by atoms with Crippen molar-refractivity contribution in [3.05, 3.63) is 0 Å². The molecule has 1 aliphatic carbocycles. The highest BCUT2D eigenvalue weighted by Crippen LogP contribution is 2.30. The van der Waals surface area contributed by atoms with Crippen molar-refractivity contribution in [1.82, 2.24) is 8.61 Å². The van der Waals surface area contributed by atoms with Crippen LogP contribution in [-0.2, 0) is 10.2 Å². The minimum Gasteiger partial charge on any atom is -0.330 e. The second kappa shape index (κ2) is 6.52. The first kappa shape index (κ1) is 18.1. The van der Waals surface area contributed by atoms with Crippen LogP contribution in [0.3, 0.4) is 0 Å². The lowest BCUT2D eigenvalue weighted by atomic mass is 9.94. The van der Waals surface area contributed by atoms with Crippen LogP contribution in [0.15, 0.2) is 0 Å². The Morgan fingerprint density at radius 1 is 1.22 bits per heavy atom. The van der Waals surface area contributed by atoms with Crippen molar-refractivity contribution in [3.8, 4) is 0 Å². The molecule has 0 aromatic rings. The molecule has 0 unspecified atom stereocenters. The van der Waals surface area contributed by atoms with Gasteiger partial charge in [-0.2, -0.15) is 17.0 Å². The molecule has 1 rings (SSSR count). The number of halogens is 1. The molecule has 0 radical (unpaired) electrons. The van der Waals surface area contributed by atoms with Crippen LogP contribution in [0.25, 0.3) is 0 Å².